The zero-order chi connectivity index (χ0) is 37.1. The van der Waals surface area contributed by atoms with Crippen molar-refractivity contribution in [1.29, 1.82) is 10.5 Å². The van der Waals surface area contributed by atoms with Gasteiger partial charge in [-0.15, -0.1) is 0 Å². The topological polar surface area (TPSA) is 208 Å². The fraction of sp³-hybridized carbons (Fsp3) is 0.206. The number of halogens is 4. The van der Waals surface area contributed by atoms with Crippen molar-refractivity contribution in [3.05, 3.63) is 95.0 Å². The minimum atomic E-state index is -4.79. The normalized spacial score (nSPS) is 13.1. The number of pyridine rings is 1. The summed E-state index contributed by atoms with van der Waals surface area (Å²) in [5, 5.41) is 48.7. The van der Waals surface area contributed by atoms with E-state index in [-0.39, 0.29) is 45.9 Å². The first-order valence-electron chi connectivity index (χ1n) is 15.0. The molecule has 13 nitrogen and oxygen atoms in total. The van der Waals surface area contributed by atoms with Crippen LogP contribution in [0, 0.1) is 28.5 Å². The lowest BCUT2D eigenvalue weighted by atomic mass is 9.90. The number of amides is 1. The fourth-order valence-electron chi connectivity index (χ4n) is 5.35. The number of hydrogen-bond donors (Lipinski definition) is 5. The molecule has 17 heteroatoms. The van der Waals surface area contributed by atoms with Crippen LogP contribution in [0.2, 0.25) is 0 Å². The molecule has 0 spiro atoms. The number of carbonyl (C=O) groups excluding carboxylic acids is 1. The molecule has 0 atom stereocenters. The van der Waals surface area contributed by atoms with E-state index < -0.39 is 29.2 Å². The number of carbonyl (C=O) groups is 2. The van der Waals surface area contributed by atoms with E-state index in [0.29, 0.717) is 44.1 Å². The fourth-order valence-corrected chi connectivity index (χ4v) is 5.35. The Kier molecular flexibility index (Phi) is 12.3. The van der Waals surface area contributed by atoms with E-state index in [4.69, 9.17) is 15.1 Å². The van der Waals surface area contributed by atoms with Crippen LogP contribution in [0.25, 0.3) is 28.3 Å². The van der Waals surface area contributed by atoms with Gasteiger partial charge in [0.2, 0.25) is 0 Å². The van der Waals surface area contributed by atoms with Crippen LogP contribution in [-0.2, 0) is 22.3 Å². The van der Waals surface area contributed by atoms with Crippen LogP contribution in [0.5, 0.6) is 5.75 Å². The number of anilines is 1. The summed E-state index contributed by atoms with van der Waals surface area (Å²) in [7, 11) is 0. The Morgan fingerprint density at radius 2 is 1.69 bits per heavy atom. The van der Waals surface area contributed by atoms with Gasteiger partial charge in [0.25, 0.3) is 12.4 Å². The Bertz CT molecular complexity index is 2000. The second-order valence-electron chi connectivity index (χ2n) is 10.9. The van der Waals surface area contributed by atoms with Gasteiger partial charge in [-0.2, -0.15) is 23.7 Å². The number of alkyl halides is 3. The molecule has 5 N–H and O–H groups in total. The number of phenols is 1. The van der Waals surface area contributed by atoms with Gasteiger partial charge in [0, 0.05) is 67.0 Å². The van der Waals surface area contributed by atoms with Gasteiger partial charge < -0.3 is 20.4 Å². The number of hydrogen-bond acceptors (Lipinski definition) is 11. The standard InChI is InChI=1S/C33H26F4N8O3.CH2O2/c34-27-11-21(1-2-22(27)13-38)31-24(14-39)32(43-18-25(31)20-3-4-26(28(46)12-20)33(35,36)37)45-9-7-23(8-10-45)40-15-19-16-41-29(42-17-19)5-6-30(47)44-48;2-1-3/h1-6,11-12,16-18,23,40,46,48H,7-10,15H2,(H,44,47);1H,(H,2,3)/b6-5+;. The maximum absolute atomic E-state index is 14.8. The maximum Gasteiger partial charge on any atom is 0.419 e. The van der Waals surface area contributed by atoms with Gasteiger partial charge >= 0.3 is 6.18 Å². The minimum Gasteiger partial charge on any atom is -0.507 e. The van der Waals surface area contributed by atoms with E-state index >= 15 is 0 Å². The molecule has 0 unspecified atom stereocenters. The molecule has 1 saturated heterocycles. The second-order valence-corrected chi connectivity index (χ2v) is 10.9. The number of rotatable bonds is 8. The molecule has 4 aromatic rings. The lowest BCUT2D eigenvalue weighted by molar-refractivity contribution is -0.138. The van der Waals surface area contributed by atoms with E-state index in [9.17, 15) is 38.0 Å². The van der Waals surface area contributed by atoms with Gasteiger partial charge in [-0.05, 0) is 54.3 Å². The molecule has 262 valence electrons. The van der Waals surface area contributed by atoms with Crippen molar-refractivity contribution < 1.29 is 42.6 Å². The van der Waals surface area contributed by atoms with Crippen LogP contribution < -0.4 is 15.7 Å². The number of phenolic OH excluding ortho intramolecular Hbond substituents is 1. The van der Waals surface area contributed by atoms with Crippen molar-refractivity contribution in [2.45, 2.75) is 31.6 Å². The third kappa shape index (κ3) is 9.18. The van der Waals surface area contributed by atoms with Gasteiger partial charge in [-0.1, -0.05) is 12.1 Å². The number of hydroxylamine groups is 1. The third-order valence-corrected chi connectivity index (χ3v) is 7.77. The van der Waals surface area contributed by atoms with Crippen LogP contribution in [0.15, 0.2) is 61.1 Å². The predicted octanol–water partition coefficient (Wildman–Crippen LogP) is 4.79. The molecule has 2 aromatic carbocycles. The molecular weight excluding hydrogens is 676 g/mol. The number of nitrogens with zero attached hydrogens (tertiary/aromatic N) is 6. The van der Waals surface area contributed by atoms with E-state index in [0.717, 1.165) is 35.9 Å². The lowest BCUT2D eigenvalue weighted by Gasteiger charge is -2.34. The second kappa shape index (κ2) is 16.8. The van der Waals surface area contributed by atoms with Crippen molar-refractivity contribution >= 4 is 24.3 Å². The van der Waals surface area contributed by atoms with E-state index in [2.05, 4.69) is 26.3 Å². The molecule has 2 aromatic heterocycles. The van der Waals surface area contributed by atoms with Crippen molar-refractivity contribution in [1.82, 2.24) is 25.7 Å². The van der Waals surface area contributed by atoms with Gasteiger partial charge in [0.05, 0.1) is 11.1 Å². The Balaban J connectivity index is 0.00000188. The summed E-state index contributed by atoms with van der Waals surface area (Å²) in [5.74, 6) is -1.96. The van der Waals surface area contributed by atoms with E-state index in [1.807, 2.05) is 4.90 Å². The zero-order valence-corrected chi connectivity index (χ0v) is 26.4. The predicted molar refractivity (Wildman–Crippen MR) is 173 cm³/mol. The highest BCUT2D eigenvalue weighted by atomic mass is 19.4. The molecule has 1 amide bonds. The van der Waals surface area contributed by atoms with Crippen molar-refractivity contribution in [2.75, 3.05) is 18.0 Å². The van der Waals surface area contributed by atoms with Gasteiger partial charge in [0.1, 0.15) is 35.1 Å². The molecule has 0 bridgehead atoms. The van der Waals surface area contributed by atoms with Crippen LogP contribution >= 0.6 is 0 Å². The maximum atomic E-state index is 14.8. The molecule has 0 radical (unpaired) electrons. The van der Waals surface area contributed by atoms with Crippen LogP contribution in [-0.4, -0.2) is 61.9 Å². The van der Waals surface area contributed by atoms with Crippen molar-refractivity contribution in [3.8, 4) is 40.1 Å². The molecule has 0 saturated carbocycles. The number of aromatic nitrogens is 3. The molecule has 1 fully saturated rings. The van der Waals surface area contributed by atoms with E-state index in [1.165, 1.54) is 29.9 Å². The summed E-state index contributed by atoms with van der Waals surface area (Å²) in [4.78, 5) is 34.2. The number of benzene rings is 2. The molecule has 1 aliphatic heterocycles. The van der Waals surface area contributed by atoms with Crippen molar-refractivity contribution in [2.24, 2.45) is 0 Å². The van der Waals surface area contributed by atoms with Gasteiger partial charge in [-0.25, -0.2) is 24.8 Å². The highest BCUT2D eigenvalue weighted by molar-refractivity contribution is 5.91. The monoisotopic (exact) mass is 704 g/mol. The Morgan fingerprint density at radius 1 is 1.02 bits per heavy atom. The summed E-state index contributed by atoms with van der Waals surface area (Å²) in [5.41, 5.74) is 1.61. The molecule has 0 aliphatic carbocycles. The number of carboxylic acid groups (broad SMARTS) is 1. The van der Waals surface area contributed by atoms with Crippen LogP contribution in [0.1, 0.15) is 40.9 Å². The number of aromatic hydroxyl groups is 1. The largest absolute Gasteiger partial charge is 0.507 e. The Hall–Kier alpha value is -6.43. The Labute approximate surface area is 287 Å². The van der Waals surface area contributed by atoms with Crippen molar-refractivity contribution in [3.63, 3.8) is 0 Å². The molecule has 51 heavy (non-hydrogen) atoms. The lowest BCUT2D eigenvalue weighted by Crippen LogP contribution is -2.43. The first-order valence-corrected chi connectivity index (χ1v) is 15.0. The molecule has 1 aliphatic rings. The SMILES string of the molecule is N#Cc1ccc(-c2c(-c3ccc(C(F)(F)F)c(O)c3)cnc(N3CCC(NCc4cnc(/C=C/C(=O)NO)nc4)CC3)c2C#N)cc1F.O=CO. The van der Waals surface area contributed by atoms with Gasteiger partial charge in [-0.3, -0.25) is 14.8 Å². The average molecular weight is 705 g/mol. The molecule has 5 rings (SSSR count). The van der Waals surface area contributed by atoms with Gasteiger partial charge in [0.15, 0.2) is 5.82 Å². The molecular formula is C34H28F4N8O5. The zero-order valence-electron chi connectivity index (χ0n) is 26.4. The third-order valence-electron chi connectivity index (χ3n) is 7.77. The highest BCUT2D eigenvalue weighted by Crippen LogP contribution is 2.42. The Morgan fingerprint density at radius 3 is 2.25 bits per heavy atom. The average Bonchev–Trinajstić information content (AvgIpc) is 3.12. The quantitative estimate of drug-likeness (QED) is 0.0552. The molecule has 3 heterocycles. The minimum absolute atomic E-state index is 0.0603. The van der Waals surface area contributed by atoms with E-state index in [1.54, 1.807) is 18.5 Å². The highest BCUT2D eigenvalue weighted by Gasteiger charge is 2.34. The summed E-state index contributed by atoms with van der Waals surface area (Å²) in [6.45, 7) is 1.21. The number of nitriles is 2. The van der Waals surface area contributed by atoms with Crippen LogP contribution in [0.3, 0.4) is 0 Å². The summed E-state index contributed by atoms with van der Waals surface area (Å²) in [6.07, 6.45) is 3.58. The van der Waals surface area contributed by atoms with Crippen LogP contribution in [0.4, 0.5) is 23.4 Å². The summed E-state index contributed by atoms with van der Waals surface area (Å²) < 4.78 is 54.8. The number of nitrogens with one attached hydrogen (secondary N) is 2. The summed E-state index contributed by atoms with van der Waals surface area (Å²) >= 11 is 0. The first-order chi connectivity index (χ1) is 24.4. The smallest absolute Gasteiger partial charge is 0.419 e. The first kappa shape index (κ1) is 37.4. The number of piperidine rings is 1. The summed E-state index contributed by atoms with van der Waals surface area (Å²) in [6, 6.07) is 10.6.